The topological polar surface area (TPSA) is 75.3 Å². The standard InChI is InChI=1S/C21H18BrFN2O3S/c1-13-3-8-17(9-4-13)25-29(27,28)20-11-15(6-5-14(20)2)21(26)24-19-10-7-16(22)12-18(19)23/h3-12,25H,1-2H3,(H,24,26). The van der Waals surface area contributed by atoms with E-state index in [1.54, 1.807) is 37.3 Å². The van der Waals surface area contributed by atoms with E-state index in [1.807, 2.05) is 6.92 Å². The molecule has 0 fully saturated rings. The summed E-state index contributed by atoms with van der Waals surface area (Å²) in [7, 11) is -3.91. The van der Waals surface area contributed by atoms with Crippen LogP contribution in [0.25, 0.3) is 0 Å². The molecule has 0 aliphatic carbocycles. The molecule has 2 N–H and O–H groups in total. The number of aryl methyl sites for hydroxylation is 2. The summed E-state index contributed by atoms with van der Waals surface area (Å²) in [6.45, 7) is 3.54. The Labute approximate surface area is 177 Å². The van der Waals surface area contributed by atoms with Gasteiger partial charge in [-0.3, -0.25) is 9.52 Å². The van der Waals surface area contributed by atoms with Crippen LogP contribution in [0.1, 0.15) is 21.5 Å². The van der Waals surface area contributed by atoms with Gasteiger partial charge in [-0.25, -0.2) is 12.8 Å². The van der Waals surface area contributed by atoms with Gasteiger partial charge in [0.15, 0.2) is 0 Å². The molecule has 150 valence electrons. The number of benzene rings is 3. The van der Waals surface area contributed by atoms with E-state index in [2.05, 4.69) is 26.0 Å². The van der Waals surface area contributed by atoms with Crippen LogP contribution in [0.5, 0.6) is 0 Å². The monoisotopic (exact) mass is 476 g/mol. The lowest BCUT2D eigenvalue weighted by Gasteiger charge is -2.13. The van der Waals surface area contributed by atoms with Gasteiger partial charge in [-0.2, -0.15) is 0 Å². The van der Waals surface area contributed by atoms with Crippen molar-refractivity contribution in [2.45, 2.75) is 18.7 Å². The van der Waals surface area contributed by atoms with E-state index in [0.717, 1.165) is 5.56 Å². The first-order valence-electron chi connectivity index (χ1n) is 8.62. The lowest BCUT2D eigenvalue weighted by molar-refractivity contribution is 0.102. The van der Waals surface area contributed by atoms with Crippen molar-refractivity contribution in [3.8, 4) is 0 Å². The second-order valence-electron chi connectivity index (χ2n) is 6.53. The number of sulfonamides is 1. The van der Waals surface area contributed by atoms with Crippen LogP contribution < -0.4 is 10.0 Å². The average molecular weight is 477 g/mol. The van der Waals surface area contributed by atoms with Crippen LogP contribution in [0.2, 0.25) is 0 Å². The van der Waals surface area contributed by atoms with Crippen molar-refractivity contribution in [2.75, 3.05) is 10.0 Å². The third-order valence-corrected chi connectivity index (χ3v) is 6.24. The average Bonchev–Trinajstić information content (AvgIpc) is 2.66. The molecule has 0 heterocycles. The molecule has 3 rings (SSSR count). The summed E-state index contributed by atoms with van der Waals surface area (Å²) in [6, 6.07) is 15.5. The van der Waals surface area contributed by atoms with Crippen molar-refractivity contribution in [1.29, 1.82) is 0 Å². The maximum absolute atomic E-state index is 14.0. The molecule has 0 spiro atoms. The van der Waals surface area contributed by atoms with Crippen LogP contribution in [0, 0.1) is 19.7 Å². The third kappa shape index (κ3) is 5.02. The molecule has 5 nitrogen and oxygen atoms in total. The maximum atomic E-state index is 14.0. The predicted molar refractivity (Wildman–Crippen MR) is 115 cm³/mol. The number of anilines is 2. The Morgan fingerprint density at radius 3 is 2.31 bits per heavy atom. The van der Waals surface area contributed by atoms with Crippen molar-refractivity contribution in [3.05, 3.63) is 87.6 Å². The van der Waals surface area contributed by atoms with E-state index in [9.17, 15) is 17.6 Å². The van der Waals surface area contributed by atoms with Gasteiger partial charge in [-0.05, 0) is 61.9 Å². The van der Waals surface area contributed by atoms with E-state index in [1.165, 1.54) is 30.3 Å². The van der Waals surface area contributed by atoms with E-state index >= 15 is 0 Å². The molecule has 0 atom stereocenters. The number of hydrogen-bond acceptors (Lipinski definition) is 3. The highest BCUT2D eigenvalue weighted by Gasteiger charge is 2.20. The Balaban J connectivity index is 1.88. The minimum Gasteiger partial charge on any atom is -0.319 e. The van der Waals surface area contributed by atoms with Gasteiger partial charge >= 0.3 is 0 Å². The number of rotatable bonds is 5. The number of nitrogens with one attached hydrogen (secondary N) is 2. The molecule has 0 saturated carbocycles. The number of carbonyl (C=O) groups excluding carboxylic acids is 1. The molecule has 0 bridgehead atoms. The summed E-state index contributed by atoms with van der Waals surface area (Å²) in [5, 5.41) is 2.46. The fraction of sp³-hybridized carbons (Fsp3) is 0.0952. The Bertz CT molecular complexity index is 1180. The number of amides is 1. The maximum Gasteiger partial charge on any atom is 0.262 e. The van der Waals surface area contributed by atoms with Crippen LogP contribution in [-0.4, -0.2) is 14.3 Å². The van der Waals surface area contributed by atoms with E-state index in [-0.39, 0.29) is 16.1 Å². The summed E-state index contributed by atoms with van der Waals surface area (Å²) in [4.78, 5) is 12.5. The second kappa shape index (κ2) is 8.34. The normalized spacial score (nSPS) is 11.2. The largest absolute Gasteiger partial charge is 0.319 e. The Morgan fingerprint density at radius 2 is 1.66 bits per heavy atom. The highest BCUT2D eigenvalue weighted by atomic mass is 79.9. The van der Waals surface area contributed by atoms with Gasteiger partial charge in [0.05, 0.1) is 10.6 Å². The molecule has 1 amide bonds. The highest BCUT2D eigenvalue weighted by Crippen LogP contribution is 2.23. The second-order valence-corrected chi connectivity index (χ2v) is 9.10. The van der Waals surface area contributed by atoms with Crippen molar-refractivity contribution in [3.63, 3.8) is 0 Å². The molecular formula is C21H18BrFN2O3S. The first kappa shape index (κ1) is 21.0. The molecule has 0 unspecified atom stereocenters. The predicted octanol–water partition coefficient (Wildman–Crippen LogP) is 5.26. The van der Waals surface area contributed by atoms with E-state index < -0.39 is 21.7 Å². The van der Waals surface area contributed by atoms with Crippen LogP contribution in [0.3, 0.4) is 0 Å². The van der Waals surface area contributed by atoms with Gasteiger partial charge in [0, 0.05) is 15.7 Å². The minimum absolute atomic E-state index is 0.000891. The van der Waals surface area contributed by atoms with Crippen LogP contribution in [0.15, 0.2) is 70.0 Å². The summed E-state index contributed by atoms with van der Waals surface area (Å²) in [5.74, 6) is -1.22. The molecule has 0 aromatic heterocycles. The van der Waals surface area contributed by atoms with Crippen LogP contribution in [0.4, 0.5) is 15.8 Å². The molecule has 0 aliphatic rings. The minimum atomic E-state index is -3.91. The SMILES string of the molecule is Cc1ccc(NS(=O)(=O)c2cc(C(=O)Nc3ccc(Br)cc3F)ccc2C)cc1. The van der Waals surface area contributed by atoms with Gasteiger partial charge in [-0.15, -0.1) is 0 Å². The Hall–Kier alpha value is -2.71. The zero-order chi connectivity index (χ0) is 21.2. The zero-order valence-corrected chi connectivity index (χ0v) is 18.1. The van der Waals surface area contributed by atoms with Crippen molar-refractivity contribution in [2.24, 2.45) is 0 Å². The lowest BCUT2D eigenvalue weighted by atomic mass is 10.1. The molecule has 29 heavy (non-hydrogen) atoms. The smallest absolute Gasteiger partial charge is 0.262 e. The van der Waals surface area contributed by atoms with Crippen molar-refractivity contribution < 1.29 is 17.6 Å². The fourth-order valence-electron chi connectivity index (χ4n) is 2.65. The molecule has 0 aliphatic heterocycles. The summed E-state index contributed by atoms with van der Waals surface area (Å²) >= 11 is 3.15. The van der Waals surface area contributed by atoms with Crippen molar-refractivity contribution in [1.82, 2.24) is 0 Å². The van der Waals surface area contributed by atoms with Gasteiger partial charge < -0.3 is 5.32 Å². The molecule has 3 aromatic carbocycles. The molecule has 0 saturated heterocycles. The van der Waals surface area contributed by atoms with E-state index in [4.69, 9.17) is 0 Å². The number of carbonyl (C=O) groups is 1. The van der Waals surface area contributed by atoms with Crippen molar-refractivity contribution >= 4 is 43.2 Å². The lowest BCUT2D eigenvalue weighted by Crippen LogP contribution is -2.17. The Kier molecular flexibility index (Phi) is 6.04. The van der Waals surface area contributed by atoms with Gasteiger partial charge in [-0.1, -0.05) is 39.7 Å². The van der Waals surface area contributed by atoms with Crippen LogP contribution in [-0.2, 0) is 10.0 Å². The zero-order valence-electron chi connectivity index (χ0n) is 15.7. The van der Waals surface area contributed by atoms with E-state index in [0.29, 0.717) is 15.7 Å². The first-order valence-corrected chi connectivity index (χ1v) is 10.9. The van der Waals surface area contributed by atoms with Gasteiger partial charge in [0.25, 0.3) is 15.9 Å². The summed E-state index contributed by atoms with van der Waals surface area (Å²) in [6.07, 6.45) is 0. The number of halogens is 2. The summed E-state index contributed by atoms with van der Waals surface area (Å²) in [5.41, 5.74) is 2.00. The first-order chi connectivity index (χ1) is 13.7. The quantitative estimate of drug-likeness (QED) is 0.527. The third-order valence-electron chi connectivity index (χ3n) is 4.22. The Morgan fingerprint density at radius 1 is 0.966 bits per heavy atom. The fourth-order valence-corrected chi connectivity index (χ4v) is 4.31. The van der Waals surface area contributed by atoms with Crippen LogP contribution >= 0.6 is 15.9 Å². The molecule has 3 aromatic rings. The highest BCUT2D eigenvalue weighted by molar-refractivity contribution is 9.10. The van der Waals surface area contributed by atoms with Gasteiger partial charge in [0.1, 0.15) is 5.82 Å². The molecular weight excluding hydrogens is 459 g/mol. The number of hydrogen-bond donors (Lipinski definition) is 2. The molecule has 0 radical (unpaired) electrons. The van der Waals surface area contributed by atoms with Gasteiger partial charge in [0.2, 0.25) is 0 Å². The summed E-state index contributed by atoms with van der Waals surface area (Å²) < 4.78 is 42.7. The molecule has 8 heteroatoms.